The molecule has 106 valence electrons. The Balaban J connectivity index is 2.52. The molecular weight excluding hydrogens is 258 g/mol. The van der Waals surface area contributed by atoms with Crippen LogP contribution in [0.2, 0.25) is 0 Å². The number of aryl methyl sites for hydroxylation is 2. The van der Waals surface area contributed by atoms with Gasteiger partial charge in [-0.15, -0.1) is 0 Å². The topological polar surface area (TPSA) is 39.9 Å². The number of hydrogen-bond acceptors (Lipinski definition) is 3. The molecule has 0 unspecified atom stereocenters. The quantitative estimate of drug-likeness (QED) is 0.811. The summed E-state index contributed by atoms with van der Waals surface area (Å²) in [5, 5.41) is 9.30. The highest BCUT2D eigenvalue weighted by Crippen LogP contribution is 2.28. The SMILES string of the molecule is C=C1C(C#N)=CC(c2ccc(C)c(C)n2)=CN1C=C(C)C. The largest absolute Gasteiger partial charge is 0.323 e. The van der Waals surface area contributed by atoms with Crippen molar-refractivity contribution in [1.29, 1.82) is 5.26 Å². The first-order chi connectivity index (χ1) is 9.92. The van der Waals surface area contributed by atoms with E-state index >= 15 is 0 Å². The van der Waals surface area contributed by atoms with Gasteiger partial charge in [0.2, 0.25) is 0 Å². The van der Waals surface area contributed by atoms with Gasteiger partial charge in [-0.05, 0) is 45.4 Å². The highest BCUT2D eigenvalue weighted by Gasteiger charge is 2.17. The predicted molar refractivity (Wildman–Crippen MR) is 85.8 cm³/mol. The lowest BCUT2D eigenvalue weighted by Crippen LogP contribution is -2.15. The minimum Gasteiger partial charge on any atom is -0.323 e. The van der Waals surface area contributed by atoms with Crippen molar-refractivity contribution in [3.63, 3.8) is 0 Å². The minimum atomic E-state index is 0.560. The lowest BCUT2D eigenvalue weighted by Gasteiger charge is -2.24. The maximum absolute atomic E-state index is 9.30. The molecule has 0 saturated heterocycles. The zero-order valence-electron chi connectivity index (χ0n) is 12.9. The fraction of sp³-hybridized carbons (Fsp3) is 0.222. The first-order valence-corrected chi connectivity index (χ1v) is 6.83. The number of hydrogen-bond donors (Lipinski definition) is 0. The molecule has 0 fully saturated rings. The first-order valence-electron chi connectivity index (χ1n) is 6.83. The summed E-state index contributed by atoms with van der Waals surface area (Å²) < 4.78 is 0. The molecule has 21 heavy (non-hydrogen) atoms. The number of aromatic nitrogens is 1. The zero-order chi connectivity index (χ0) is 15.6. The van der Waals surface area contributed by atoms with Crippen LogP contribution >= 0.6 is 0 Å². The van der Waals surface area contributed by atoms with E-state index in [9.17, 15) is 5.26 Å². The molecule has 0 saturated carbocycles. The maximum atomic E-state index is 9.30. The Morgan fingerprint density at radius 1 is 1.33 bits per heavy atom. The van der Waals surface area contributed by atoms with Gasteiger partial charge >= 0.3 is 0 Å². The standard InChI is InChI=1S/C18H19N3/c1-12(2)10-21-11-17(8-16(9-19)15(21)5)18-7-6-13(3)14(4)20-18/h6-8,10-11H,5H2,1-4H3. The second-order valence-electron chi connectivity index (χ2n) is 5.41. The normalized spacial score (nSPS) is 14.2. The number of nitriles is 1. The fourth-order valence-corrected chi connectivity index (χ4v) is 2.06. The van der Waals surface area contributed by atoms with Crippen LogP contribution in [-0.2, 0) is 0 Å². The molecule has 0 aromatic carbocycles. The third-order valence-electron chi connectivity index (χ3n) is 3.36. The third-order valence-corrected chi connectivity index (χ3v) is 3.36. The average Bonchev–Trinajstić information content (AvgIpc) is 2.43. The third kappa shape index (κ3) is 3.11. The van der Waals surface area contributed by atoms with Crippen molar-refractivity contribution < 1.29 is 0 Å². The molecule has 0 atom stereocenters. The van der Waals surface area contributed by atoms with Crippen LogP contribution < -0.4 is 0 Å². The fourth-order valence-electron chi connectivity index (χ4n) is 2.06. The lowest BCUT2D eigenvalue weighted by atomic mass is 10.0. The van der Waals surface area contributed by atoms with E-state index in [4.69, 9.17) is 0 Å². The van der Waals surface area contributed by atoms with Crippen LogP contribution in [0.15, 0.2) is 54.0 Å². The number of allylic oxidation sites excluding steroid dienone is 4. The molecule has 0 aliphatic carbocycles. The molecule has 0 radical (unpaired) electrons. The Morgan fingerprint density at radius 3 is 2.62 bits per heavy atom. The Morgan fingerprint density at radius 2 is 2.05 bits per heavy atom. The minimum absolute atomic E-state index is 0.560. The van der Waals surface area contributed by atoms with Gasteiger partial charge in [0.05, 0.1) is 17.0 Å². The van der Waals surface area contributed by atoms with Crippen molar-refractivity contribution in [2.24, 2.45) is 0 Å². The molecule has 1 aliphatic heterocycles. The van der Waals surface area contributed by atoms with E-state index in [1.165, 1.54) is 0 Å². The van der Waals surface area contributed by atoms with E-state index in [1.807, 2.05) is 63.2 Å². The molecule has 0 amide bonds. The molecule has 3 nitrogen and oxygen atoms in total. The van der Waals surface area contributed by atoms with Crippen LogP contribution in [0.4, 0.5) is 0 Å². The van der Waals surface area contributed by atoms with Crippen LogP contribution in [0, 0.1) is 25.2 Å². The van der Waals surface area contributed by atoms with E-state index in [-0.39, 0.29) is 0 Å². The highest BCUT2D eigenvalue weighted by atomic mass is 15.1. The van der Waals surface area contributed by atoms with Crippen LogP contribution in [0.1, 0.15) is 30.8 Å². The van der Waals surface area contributed by atoms with Crippen molar-refractivity contribution in [2.45, 2.75) is 27.7 Å². The van der Waals surface area contributed by atoms with Gasteiger partial charge < -0.3 is 4.90 Å². The highest BCUT2D eigenvalue weighted by molar-refractivity contribution is 5.77. The molecule has 2 rings (SSSR count). The van der Waals surface area contributed by atoms with Gasteiger partial charge in [-0.1, -0.05) is 18.2 Å². The Bertz CT molecular complexity index is 723. The van der Waals surface area contributed by atoms with Gasteiger partial charge in [-0.3, -0.25) is 4.98 Å². The van der Waals surface area contributed by atoms with Crippen LogP contribution in [0.5, 0.6) is 0 Å². The zero-order valence-corrected chi connectivity index (χ0v) is 12.9. The van der Waals surface area contributed by atoms with E-state index in [1.54, 1.807) is 0 Å². The summed E-state index contributed by atoms with van der Waals surface area (Å²) >= 11 is 0. The summed E-state index contributed by atoms with van der Waals surface area (Å²) in [5.74, 6) is 0. The lowest BCUT2D eigenvalue weighted by molar-refractivity contribution is 0.637. The van der Waals surface area contributed by atoms with E-state index in [2.05, 4.69) is 17.6 Å². The summed E-state index contributed by atoms with van der Waals surface area (Å²) in [6, 6.07) is 6.23. The average molecular weight is 277 g/mol. The van der Waals surface area contributed by atoms with E-state index in [0.717, 1.165) is 28.1 Å². The molecule has 1 aromatic rings. The van der Waals surface area contributed by atoms with Crippen molar-refractivity contribution >= 4 is 5.57 Å². The van der Waals surface area contributed by atoms with E-state index in [0.29, 0.717) is 11.3 Å². The van der Waals surface area contributed by atoms with Crippen molar-refractivity contribution in [2.75, 3.05) is 0 Å². The number of rotatable bonds is 2. The smallest absolute Gasteiger partial charge is 0.101 e. The predicted octanol–water partition coefficient (Wildman–Crippen LogP) is 4.24. The van der Waals surface area contributed by atoms with Crippen molar-refractivity contribution in [3.05, 3.63) is 71.0 Å². The second kappa shape index (κ2) is 5.80. The summed E-state index contributed by atoms with van der Waals surface area (Å²) in [6.07, 6.45) is 5.77. The summed E-state index contributed by atoms with van der Waals surface area (Å²) in [5.41, 5.74) is 6.32. The summed E-state index contributed by atoms with van der Waals surface area (Å²) in [4.78, 5) is 6.49. The van der Waals surface area contributed by atoms with Crippen LogP contribution in [0.25, 0.3) is 5.57 Å². The van der Waals surface area contributed by atoms with Crippen LogP contribution in [-0.4, -0.2) is 9.88 Å². The Hall–Kier alpha value is -2.60. The number of nitrogens with zero attached hydrogens (tertiary/aromatic N) is 3. The van der Waals surface area contributed by atoms with Gasteiger partial charge in [-0.25, -0.2) is 0 Å². The molecule has 1 aromatic heterocycles. The first kappa shape index (κ1) is 14.8. The van der Waals surface area contributed by atoms with E-state index < -0.39 is 0 Å². The molecule has 0 spiro atoms. The molecular formula is C18H19N3. The monoisotopic (exact) mass is 277 g/mol. The van der Waals surface area contributed by atoms with Gasteiger partial charge in [0.15, 0.2) is 0 Å². The Labute approximate surface area is 126 Å². The summed E-state index contributed by atoms with van der Waals surface area (Å²) in [7, 11) is 0. The van der Waals surface area contributed by atoms with Crippen LogP contribution in [0.3, 0.4) is 0 Å². The molecule has 0 bridgehead atoms. The Kier molecular flexibility index (Phi) is 4.09. The van der Waals surface area contributed by atoms with Gasteiger partial charge in [0, 0.05) is 23.7 Å². The second-order valence-corrected chi connectivity index (χ2v) is 5.41. The van der Waals surface area contributed by atoms with Gasteiger partial charge in [-0.2, -0.15) is 5.26 Å². The molecule has 0 N–H and O–H groups in total. The molecule has 2 heterocycles. The van der Waals surface area contributed by atoms with Gasteiger partial charge in [0.25, 0.3) is 0 Å². The van der Waals surface area contributed by atoms with Crippen molar-refractivity contribution in [3.8, 4) is 6.07 Å². The van der Waals surface area contributed by atoms with Gasteiger partial charge in [0.1, 0.15) is 6.07 Å². The number of pyridine rings is 1. The molecule has 1 aliphatic rings. The summed E-state index contributed by atoms with van der Waals surface area (Å²) in [6.45, 7) is 12.0. The molecule has 3 heteroatoms. The maximum Gasteiger partial charge on any atom is 0.101 e. The van der Waals surface area contributed by atoms with Crippen molar-refractivity contribution in [1.82, 2.24) is 9.88 Å².